The molecule has 0 saturated carbocycles. The van der Waals surface area contributed by atoms with Gasteiger partial charge in [-0.25, -0.2) is 8.42 Å². The second kappa shape index (κ2) is 4.84. The van der Waals surface area contributed by atoms with Gasteiger partial charge in [0.05, 0.1) is 12.4 Å². The van der Waals surface area contributed by atoms with E-state index in [0.29, 0.717) is 11.3 Å². The molecule has 16 heavy (non-hydrogen) atoms. The van der Waals surface area contributed by atoms with Crippen LogP contribution in [0.15, 0.2) is 24.3 Å². The van der Waals surface area contributed by atoms with Crippen LogP contribution in [0.2, 0.25) is 0 Å². The van der Waals surface area contributed by atoms with Crippen molar-refractivity contribution in [2.24, 2.45) is 5.73 Å². The Morgan fingerprint density at radius 1 is 1.31 bits per heavy atom. The number of sulfone groups is 1. The third-order valence-electron chi connectivity index (χ3n) is 2.68. The van der Waals surface area contributed by atoms with Gasteiger partial charge in [0.15, 0.2) is 9.84 Å². The summed E-state index contributed by atoms with van der Waals surface area (Å²) in [6.07, 6.45) is 1.19. The van der Waals surface area contributed by atoms with Crippen molar-refractivity contribution in [1.29, 1.82) is 0 Å². The van der Waals surface area contributed by atoms with Gasteiger partial charge >= 0.3 is 0 Å². The summed E-state index contributed by atoms with van der Waals surface area (Å²) in [7, 11) is -1.62. The van der Waals surface area contributed by atoms with Crippen LogP contribution >= 0.6 is 0 Å². The van der Waals surface area contributed by atoms with Crippen LogP contribution < -0.4 is 10.5 Å². The lowest BCUT2D eigenvalue weighted by Gasteiger charge is -2.20. The molecule has 1 aromatic rings. The van der Waals surface area contributed by atoms with Crippen LogP contribution in [0.4, 0.5) is 0 Å². The molecule has 0 saturated heterocycles. The quantitative estimate of drug-likeness (QED) is 0.860. The highest BCUT2D eigenvalue weighted by Gasteiger charge is 2.25. The van der Waals surface area contributed by atoms with Crippen molar-refractivity contribution in [2.75, 3.05) is 13.4 Å². The van der Waals surface area contributed by atoms with Crippen LogP contribution in [0.3, 0.4) is 0 Å². The summed E-state index contributed by atoms with van der Waals surface area (Å²) >= 11 is 0. The predicted molar refractivity (Wildman–Crippen MR) is 64.2 cm³/mol. The Kier molecular flexibility index (Phi) is 3.93. The third kappa shape index (κ3) is 2.74. The summed E-state index contributed by atoms with van der Waals surface area (Å²) in [5.41, 5.74) is 6.65. The number of nitrogens with two attached hydrogens (primary N) is 1. The number of rotatable bonds is 4. The average Bonchev–Trinajstić information content (AvgIpc) is 2.25. The second-order valence-electron chi connectivity index (χ2n) is 3.80. The van der Waals surface area contributed by atoms with Crippen molar-refractivity contribution in [3.8, 4) is 5.75 Å². The molecule has 1 rings (SSSR count). The van der Waals surface area contributed by atoms with E-state index in [1.54, 1.807) is 19.1 Å². The number of ether oxygens (including phenoxy) is 1. The zero-order valence-electron chi connectivity index (χ0n) is 9.67. The molecule has 2 atom stereocenters. The lowest BCUT2D eigenvalue weighted by Crippen LogP contribution is -2.30. The SMILES string of the molecule is COc1ccccc1C(N)C(C)S(C)(=O)=O. The number of benzene rings is 1. The molecule has 1 aromatic carbocycles. The van der Waals surface area contributed by atoms with E-state index < -0.39 is 21.1 Å². The fourth-order valence-electron chi connectivity index (χ4n) is 1.46. The van der Waals surface area contributed by atoms with Crippen LogP contribution in [0, 0.1) is 0 Å². The molecule has 0 aliphatic rings. The maximum Gasteiger partial charge on any atom is 0.151 e. The Bertz CT molecular complexity index is 456. The van der Waals surface area contributed by atoms with Gasteiger partial charge in [0.25, 0.3) is 0 Å². The minimum absolute atomic E-state index is 0.578. The largest absolute Gasteiger partial charge is 0.496 e. The molecule has 4 nitrogen and oxygen atoms in total. The minimum Gasteiger partial charge on any atom is -0.496 e. The topological polar surface area (TPSA) is 69.4 Å². The predicted octanol–water partition coefficient (Wildman–Crippen LogP) is 1.13. The summed E-state index contributed by atoms with van der Waals surface area (Å²) < 4.78 is 28.0. The average molecular weight is 243 g/mol. The maximum atomic E-state index is 11.4. The first-order valence-corrected chi connectivity index (χ1v) is 6.90. The van der Waals surface area contributed by atoms with Crippen molar-refractivity contribution in [3.05, 3.63) is 29.8 Å². The Labute approximate surface area is 96.3 Å². The van der Waals surface area contributed by atoms with Crippen LogP contribution in [0.5, 0.6) is 5.75 Å². The van der Waals surface area contributed by atoms with Crippen LogP contribution in [0.1, 0.15) is 18.5 Å². The maximum absolute atomic E-state index is 11.4. The van der Waals surface area contributed by atoms with Crippen molar-refractivity contribution >= 4 is 9.84 Å². The first-order valence-electron chi connectivity index (χ1n) is 4.95. The van der Waals surface area contributed by atoms with E-state index in [9.17, 15) is 8.42 Å². The molecule has 0 bridgehead atoms. The summed E-state index contributed by atoms with van der Waals surface area (Å²) in [6, 6.07) is 6.61. The molecule has 2 unspecified atom stereocenters. The molecule has 0 fully saturated rings. The van der Waals surface area contributed by atoms with Crippen molar-refractivity contribution < 1.29 is 13.2 Å². The number of methoxy groups -OCH3 is 1. The van der Waals surface area contributed by atoms with Gasteiger partial charge in [0, 0.05) is 17.9 Å². The van der Waals surface area contributed by atoms with E-state index >= 15 is 0 Å². The van der Waals surface area contributed by atoms with Crippen LogP contribution in [0.25, 0.3) is 0 Å². The minimum atomic E-state index is -3.16. The van der Waals surface area contributed by atoms with E-state index in [0.717, 1.165) is 0 Å². The zero-order chi connectivity index (χ0) is 12.3. The Morgan fingerprint density at radius 2 is 1.88 bits per heavy atom. The van der Waals surface area contributed by atoms with Gasteiger partial charge in [-0.3, -0.25) is 0 Å². The van der Waals surface area contributed by atoms with Gasteiger partial charge in [0.1, 0.15) is 5.75 Å². The van der Waals surface area contributed by atoms with Gasteiger partial charge in [-0.15, -0.1) is 0 Å². The molecule has 0 aliphatic carbocycles. The third-order valence-corrected chi connectivity index (χ3v) is 4.32. The molecule has 0 amide bonds. The summed E-state index contributed by atoms with van der Waals surface area (Å²) in [5, 5.41) is -0.635. The highest BCUT2D eigenvalue weighted by molar-refractivity contribution is 7.91. The first kappa shape index (κ1) is 13.0. The summed E-state index contributed by atoms with van der Waals surface area (Å²) in [5.74, 6) is 0.616. The van der Waals surface area contributed by atoms with Gasteiger partial charge in [-0.1, -0.05) is 18.2 Å². The molecule has 0 spiro atoms. The Balaban J connectivity index is 3.10. The molecular formula is C11H17NO3S. The summed E-state index contributed by atoms with van der Waals surface area (Å²) in [4.78, 5) is 0. The van der Waals surface area contributed by atoms with Crippen molar-refractivity contribution in [2.45, 2.75) is 18.2 Å². The standard InChI is InChI=1S/C11H17NO3S/c1-8(16(3,13)14)11(12)9-6-4-5-7-10(9)15-2/h4-8,11H,12H2,1-3H3. The highest BCUT2D eigenvalue weighted by atomic mass is 32.2. The van der Waals surface area contributed by atoms with E-state index in [1.807, 2.05) is 12.1 Å². The molecule has 90 valence electrons. The monoisotopic (exact) mass is 243 g/mol. The first-order chi connectivity index (χ1) is 7.38. The molecule has 0 aliphatic heterocycles. The van der Waals surface area contributed by atoms with E-state index in [-0.39, 0.29) is 0 Å². The molecule has 0 radical (unpaired) electrons. The van der Waals surface area contributed by atoms with E-state index in [4.69, 9.17) is 10.5 Å². The lowest BCUT2D eigenvalue weighted by atomic mass is 10.0. The van der Waals surface area contributed by atoms with Crippen LogP contribution in [-0.4, -0.2) is 27.0 Å². The molecular weight excluding hydrogens is 226 g/mol. The van der Waals surface area contributed by atoms with E-state index in [2.05, 4.69) is 0 Å². The number of para-hydroxylation sites is 1. The number of hydrogen-bond acceptors (Lipinski definition) is 4. The van der Waals surface area contributed by atoms with Gasteiger partial charge in [0.2, 0.25) is 0 Å². The molecule has 5 heteroatoms. The smallest absolute Gasteiger partial charge is 0.151 e. The summed E-state index contributed by atoms with van der Waals surface area (Å²) in [6.45, 7) is 1.60. The van der Waals surface area contributed by atoms with Gasteiger partial charge in [-0.05, 0) is 13.0 Å². The fourth-order valence-corrected chi connectivity index (χ4v) is 2.14. The Morgan fingerprint density at radius 3 is 2.38 bits per heavy atom. The molecule has 0 aromatic heterocycles. The zero-order valence-corrected chi connectivity index (χ0v) is 10.5. The molecule has 2 N–H and O–H groups in total. The lowest BCUT2D eigenvalue weighted by molar-refractivity contribution is 0.405. The highest BCUT2D eigenvalue weighted by Crippen LogP contribution is 2.27. The van der Waals surface area contributed by atoms with Crippen molar-refractivity contribution in [3.63, 3.8) is 0 Å². The normalized spacial score (nSPS) is 15.5. The number of hydrogen-bond donors (Lipinski definition) is 1. The van der Waals surface area contributed by atoms with Crippen molar-refractivity contribution in [1.82, 2.24) is 0 Å². The van der Waals surface area contributed by atoms with Crippen LogP contribution in [-0.2, 0) is 9.84 Å². The van der Waals surface area contributed by atoms with E-state index in [1.165, 1.54) is 13.4 Å². The van der Waals surface area contributed by atoms with Gasteiger partial charge < -0.3 is 10.5 Å². The second-order valence-corrected chi connectivity index (χ2v) is 6.21. The molecule has 0 heterocycles. The fraction of sp³-hybridized carbons (Fsp3) is 0.455. The Hall–Kier alpha value is -1.07. The van der Waals surface area contributed by atoms with Gasteiger partial charge in [-0.2, -0.15) is 0 Å².